The van der Waals surface area contributed by atoms with E-state index in [1.807, 2.05) is 13.0 Å². The van der Waals surface area contributed by atoms with Crippen LogP contribution in [0.5, 0.6) is 0 Å². The van der Waals surface area contributed by atoms with Crippen LogP contribution in [0.1, 0.15) is 31.2 Å². The molecular formula is C15H20N2O2. The smallest absolute Gasteiger partial charge is 0.192 e. The molecule has 0 radical (unpaired) electrons. The van der Waals surface area contributed by atoms with Gasteiger partial charge in [0, 0.05) is 19.9 Å². The topological polar surface area (TPSA) is 46.3 Å². The standard InChI is InChI=1S/C15H20N2O2/c1-11(18)5-4-8-17(3)10-13-6-7-15-14(9-13)16-12(2)19-15/h6-7,9H,4-5,8,10H2,1-3H3. The van der Waals surface area contributed by atoms with E-state index in [4.69, 9.17) is 4.42 Å². The van der Waals surface area contributed by atoms with Crippen molar-refractivity contribution in [3.05, 3.63) is 29.7 Å². The monoisotopic (exact) mass is 260 g/mol. The molecule has 4 nitrogen and oxygen atoms in total. The van der Waals surface area contributed by atoms with Crippen molar-refractivity contribution in [2.24, 2.45) is 0 Å². The highest BCUT2D eigenvalue weighted by molar-refractivity contribution is 5.75. The van der Waals surface area contributed by atoms with Gasteiger partial charge in [-0.25, -0.2) is 4.98 Å². The van der Waals surface area contributed by atoms with Gasteiger partial charge in [-0.15, -0.1) is 0 Å². The van der Waals surface area contributed by atoms with Crippen molar-refractivity contribution >= 4 is 16.9 Å². The summed E-state index contributed by atoms with van der Waals surface area (Å²) in [5.41, 5.74) is 2.96. The molecule has 19 heavy (non-hydrogen) atoms. The van der Waals surface area contributed by atoms with E-state index in [9.17, 15) is 4.79 Å². The summed E-state index contributed by atoms with van der Waals surface area (Å²) in [6, 6.07) is 6.09. The van der Waals surface area contributed by atoms with Crippen LogP contribution >= 0.6 is 0 Å². The molecule has 4 heteroatoms. The normalized spacial score (nSPS) is 11.4. The third-order valence-corrected chi connectivity index (χ3v) is 3.08. The Morgan fingerprint density at radius 3 is 2.95 bits per heavy atom. The van der Waals surface area contributed by atoms with Gasteiger partial charge < -0.3 is 14.1 Å². The number of hydrogen-bond donors (Lipinski definition) is 0. The van der Waals surface area contributed by atoms with Crippen LogP contribution < -0.4 is 0 Å². The van der Waals surface area contributed by atoms with Crippen molar-refractivity contribution in [1.82, 2.24) is 9.88 Å². The summed E-state index contributed by atoms with van der Waals surface area (Å²) in [7, 11) is 2.07. The minimum absolute atomic E-state index is 0.257. The van der Waals surface area contributed by atoms with Gasteiger partial charge in [-0.05, 0) is 44.6 Å². The van der Waals surface area contributed by atoms with Crippen LogP contribution in [-0.2, 0) is 11.3 Å². The highest BCUT2D eigenvalue weighted by atomic mass is 16.3. The van der Waals surface area contributed by atoms with Crippen LogP contribution in [0, 0.1) is 6.92 Å². The van der Waals surface area contributed by atoms with Crippen LogP contribution in [0.4, 0.5) is 0 Å². The molecule has 0 N–H and O–H groups in total. The predicted molar refractivity (Wildman–Crippen MR) is 75.0 cm³/mol. The first-order chi connectivity index (χ1) is 9.04. The third-order valence-electron chi connectivity index (χ3n) is 3.08. The second-order valence-corrected chi connectivity index (χ2v) is 5.08. The molecule has 0 aliphatic rings. The minimum Gasteiger partial charge on any atom is -0.441 e. The molecule has 0 aliphatic heterocycles. The Kier molecular flexibility index (Phi) is 4.32. The lowest BCUT2D eigenvalue weighted by molar-refractivity contribution is -0.117. The molecule has 1 aromatic heterocycles. The molecule has 0 saturated carbocycles. The number of aromatic nitrogens is 1. The molecule has 0 spiro atoms. The van der Waals surface area contributed by atoms with Gasteiger partial charge >= 0.3 is 0 Å². The Bertz CT molecular complexity index is 575. The molecule has 1 aromatic carbocycles. The zero-order valence-corrected chi connectivity index (χ0v) is 11.8. The van der Waals surface area contributed by atoms with E-state index in [1.165, 1.54) is 5.56 Å². The van der Waals surface area contributed by atoms with E-state index in [-0.39, 0.29) is 5.78 Å². The zero-order chi connectivity index (χ0) is 13.8. The molecule has 102 valence electrons. The van der Waals surface area contributed by atoms with E-state index in [0.717, 1.165) is 30.6 Å². The van der Waals surface area contributed by atoms with Crippen molar-refractivity contribution in [3.63, 3.8) is 0 Å². The van der Waals surface area contributed by atoms with Crippen molar-refractivity contribution in [2.75, 3.05) is 13.6 Å². The van der Waals surface area contributed by atoms with Gasteiger partial charge in [0.2, 0.25) is 0 Å². The summed E-state index contributed by atoms with van der Waals surface area (Å²) in [6.45, 7) is 5.28. The van der Waals surface area contributed by atoms with Gasteiger partial charge in [-0.3, -0.25) is 0 Å². The van der Waals surface area contributed by atoms with E-state index in [2.05, 4.69) is 29.1 Å². The Labute approximate surface area is 113 Å². The first-order valence-corrected chi connectivity index (χ1v) is 6.58. The fraction of sp³-hybridized carbons (Fsp3) is 0.467. The zero-order valence-electron chi connectivity index (χ0n) is 11.8. The number of ketones is 1. The number of fused-ring (bicyclic) bond motifs is 1. The van der Waals surface area contributed by atoms with Gasteiger partial charge in [0.1, 0.15) is 11.3 Å². The summed E-state index contributed by atoms with van der Waals surface area (Å²) in [6.07, 6.45) is 1.57. The second kappa shape index (κ2) is 5.97. The van der Waals surface area contributed by atoms with Gasteiger partial charge in [0.25, 0.3) is 0 Å². The SMILES string of the molecule is CC(=O)CCCN(C)Cc1ccc2oc(C)nc2c1. The van der Waals surface area contributed by atoms with Crippen LogP contribution in [0.15, 0.2) is 22.6 Å². The fourth-order valence-electron chi connectivity index (χ4n) is 2.18. The molecule has 0 atom stereocenters. The molecule has 2 rings (SSSR count). The molecule has 0 saturated heterocycles. The average molecular weight is 260 g/mol. The quantitative estimate of drug-likeness (QED) is 0.801. The van der Waals surface area contributed by atoms with Crippen molar-refractivity contribution in [3.8, 4) is 0 Å². The first-order valence-electron chi connectivity index (χ1n) is 6.58. The van der Waals surface area contributed by atoms with Gasteiger partial charge in [0.05, 0.1) is 0 Å². The lowest BCUT2D eigenvalue weighted by Gasteiger charge is -2.16. The molecule has 1 heterocycles. The highest BCUT2D eigenvalue weighted by Crippen LogP contribution is 2.17. The number of carbonyl (C=O) groups excluding carboxylic acids is 1. The first kappa shape index (κ1) is 13.7. The van der Waals surface area contributed by atoms with E-state index < -0.39 is 0 Å². The molecular weight excluding hydrogens is 240 g/mol. The molecule has 0 fully saturated rings. The summed E-state index contributed by atoms with van der Waals surface area (Å²) in [5, 5.41) is 0. The Morgan fingerprint density at radius 2 is 2.21 bits per heavy atom. The van der Waals surface area contributed by atoms with Crippen LogP contribution in [-0.4, -0.2) is 29.3 Å². The maximum absolute atomic E-state index is 10.9. The van der Waals surface area contributed by atoms with Gasteiger partial charge in [0.15, 0.2) is 11.5 Å². The lowest BCUT2D eigenvalue weighted by Crippen LogP contribution is -2.19. The summed E-state index contributed by atoms with van der Waals surface area (Å²) < 4.78 is 5.46. The molecule has 0 aliphatic carbocycles. The number of nitrogens with zero attached hydrogens (tertiary/aromatic N) is 2. The summed E-state index contributed by atoms with van der Waals surface area (Å²) >= 11 is 0. The number of carbonyl (C=O) groups is 1. The van der Waals surface area contributed by atoms with Crippen LogP contribution in [0.25, 0.3) is 11.1 Å². The van der Waals surface area contributed by atoms with Gasteiger partial charge in [-0.2, -0.15) is 0 Å². The number of Topliss-reactive ketones (excluding diaryl/α,β-unsaturated/α-hetero) is 1. The number of rotatable bonds is 6. The minimum atomic E-state index is 0.257. The van der Waals surface area contributed by atoms with Crippen LogP contribution in [0.3, 0.4) is 0 Å². The van der Waals surface area contributed by atoms with E-state index in [0.29, 0.717) is 12.3 Å². The van der Waals surface area contributed by atoms with Crippen molar-refractivity contribution in [1.29, 1.82) is 0 Å². The maximum Gasteiger partial charge on any atom is 0.192 e. The van der Waals surface area contributed by atoms with Crippen molar-refractivity contribution < 1.29 is 9.21 Å². The molecule has 0 unspecified atom stereocenters. The predicted octanol–water partition coefficient (Wildman–Crippen LogP) is 2.94. The summed E-state index contributed by atoms with van der Waals surface area (Å²) in [5.74, 6) is 0.954. The largest absolute Gasteiger partial charge is 0.441 e. The molecule has 0 amide bonds. The Morgan fingerprint density at radius 1 is 1.42 bits per heavy atom. The maximum atomic E-state index is 10.9. The number of hydrogen-bond acceptors (Lipinski definition) is 4. The molecule has 2 aromatic rings. The number of benzene rings is 1. The average Bonchev–Trinajstić information content (AvgIpc) is 2.67. The fourth-order valence-corrected chi connectivity index (χ4v) is 2.18. The Balaban J connectivity index is 1.94. The van der Waals surface area contributed by atoms with Gasteiger partial charge in [-0.1, -0.05) is 6.07 Å². The van der Waals surface area contributed by atoms with Crippen LogP contribution in [0.2, 0.25) is 0 Å². The van der Waals surface area contributed by atoms with Crippen molar-refractivity contribution in [2.45, 2.75) is 33.2 Å². The second-order valence-electron chi connectivity index (χ2n) is 5.08. The van der Waals surface area contributed by atoms with E-state index in [1.54, 1.807) is 6.92 Å². The van der Waals surface area contributed by atoms with E-state index >= 15 is 0 Å². The third kappa shape index (κ3) is 3.89. The highest BCUT2D eigenvalue weighted by Gasteiger charge is 2.05. The summed E-state index contributed by atoms with van der Waals surface area (Å²) in [4.78, 5) is 17.5. The lowest BCUT2D eigenvalue weighted by atomic mass is 10.2. The number of oxazole rings is 1. The Hall–Kier alpha value is -1.68. The number of aryl methyl sites for hydroxylation is 1. The molecule has 0 bridgehead atoms.